The van der Waals surface area contributed by atoms with Gasteiger partial charge in [-0.15, -0.1) is 0 Å². The summed E-state index contributed by atoms with van der Waals surface area (Å²) in [4.78, 5) is 15.7. The standard InChI is InChI=1S/C32H32N4O3S/c1-3-20-36(2)22-23-14-16-25(17-15-23)33-31(24-10-6-4-7-11-24)30-28-21-27(18-19-29(28)34-32(30)37)40(38,39)35-26-12-8-5-9-13-26/h4-19,21,33,35H,3,20,22H2,1-2H3,(H,34,37)/b31-30-. The topological polar surface area (TPSA) is 90.5 Å². The van der Waals surface area contributed by atoms with E-state index >= 15 is 0 Å². The average Bonchev–Trinajstić information content (AvgIpc) is 3.28. The molecule has 4 aromatic carbocycles. The van der Waals surface area contributed by atoms with Crippen LogP contribution in [0.2, 0.25) is 0 Å². The fraction of sp³-hybridized carbons (Fsp3) is 0.156. The van der Waals surface area contributed by atoms with Crippen LogP contribution in [0.1, 0.15) is 30.0 Å². The molecule has 0 saturated heterocycles. The number of anilines is 3. The van der Waals surface area contributed by atoms with E-state index in [1.54, 1.807) is 36.4 Å². The highest BCUT2D eigenvalue weighted by Gasteiger charge is 2.30. The van der Waals surface area contributed by atoms with Crippen molar-refractivity contribution in [3.05, 3.63) is 120 Å². The van der Waals surface area contributed by atoms with Crippen molar-refractivity contribution in [2.24, 2.45) is 0 Å². The molecule has 1 aliphatic heterocycles. The summed E-state index contributed by atoms with van der Waals surface area (Å²) in [5, 5.41) is 6.35. The van der Waals surface area contributed by atoms with E-state index in [1.807, 2.05) is 48.5 Å². The predicted molar refractivity (Wildman–Crippen MR) is 162 cm³/mol. The number of amides is 1. The van der Waals surface area contributed by atoms with Gasteiger partial charge in [0, 0.05) is 29.2 Å². The van der Waals surface area contributed by atoms with Gasteiger partial charge >= 0.3 is 0 Å². The highest BCUT2D eigenvalue weighted by Crippen LogP contribution is 2.39. The van der Waals surface area contributed by atoms with Crippen molar-refractivity contribution in [3.63, 3.8) is 0 Å². The van der Waals surface area contributed by atoms with Crippen LogP contribution in [0.3, 0.4) is 0 Å². The molecule has 0 bridgehead atoms. The van der Waals surface area contributed by atoms with Crippen LogP contribution in [0, 0.1) is 0 Å². The van der Waals surface area contributed by atoms with E-state index in [9.17, 15) is 13.2 Å². The molecule has 0 atom stereocenters. The number of hydrogen-bond donors (Lipinski definition) is 3. The van der Waals surface area contributed by atoms with Crippen molar-refractivity contribution in [3.8, 4) is 0 Å². The molecule has 1 heterocycles. The van der Waals surface area contributed by atoms with Crippen molar-refractivity contribution in [1.29, 1.82) is 0 Å². The van der Waals surface area contributed by atoms with Gasteiger partial charge in [0.15, 0.2) is 0 Å². The highest BCUT2D eigenvalue weighted by atomic mass is 32.2. The van der Waals surface area contributed by atoms with Crippen molar-refractivity contribution in [1.82, 2.24) is 4.90 Å². The molecular weight excluding hydrogens is 520 g/mol. The molecule has 5 rings (SSSR count). The summed E-state index contributed by atoms with van der Waals surface area (Å²) in [6, 6.07) is 31.1. The van der Waals surface area contributed by atoms with Gasteiger partial charge in [-0.2, -0.15) is 0 Å². The summed E-state index contributed by atoms with van der Waals surface area (Å²) in [5.74, 6) is -0.301. The van der Waals surface area contributed by atoms with Gasteiger partial charge in [0.05, 0.1) is 16.2 Å². The van der Waals surface area contributed by atoms with E-state index in [0.717, 1.165) is 30.8 Å². The molecule has 0 fully saturated rings. The fourth-order valence-electron chi connectivity index (χ4n) is 4.78. The van der Waals surface area contributed by atoms with Gasteiger partial charge in [-0.3, -0.25) is 9.52 Å². The maximum atomic E-state index is 13.3. The Bertz CT molecular complexity index is 1640. The second kappa shape index (κ2) is 11.8. The Kier molecular flexibility index (Phi) is 8.00. The first kappa shape index (κ1) is 27.2. The van der Waals surface area contributed by atoms with Crippen LogP contribution < -0.4 is 15.4 Å². The van der Waals surface area contributed by atoms with Crippen molar-refractivity contribution in [2.75, 3.05) is 28.9 Å². The molecular formula is C32H32N4O3S. The first-order chi connectivity index (χ1) is 19.3. The van der Waals surface area contributed by atoms with Crippen LogP contribution in [-0.2, 0) is 21.4 Å². The van der Waals surface area contributed by atoms with E-state index < -0.39 is 10.0 Å². The molecule has 1 amide bonds. The number of fused-ring (bicyclic) bond motifs is 1. The largest absolute Gasteiger partial charge is 0.354 e. The van der Waals surface area contributed by atoms with Crippen LogP contribution in [0.5, 0.6) is 0 Å². The van der Waals surface area contributed by atoms with Gasteiger partial charge < -0.3 is 15.5 Å². The lowest BCUT2D eigenvalue weighted by Crippen LogP contribution is -2.18. The Balaban J connectivity index is 1.53. The average molecular weight is 553 g/mol. The minimum Gasteiger partial charge on any atom is -0.354 e. The Morgan fingerprint density at radius 3 is 2.20 bits per heavy atom. The SMILES string of the molecule is CCCN(C)Cc1ccc(N/C(=C2\C(=O)Nc3ccc(S(=O)(=O)Nc4ccccc4)cc32)c2ccccc2)cc1. The molecule has 7 nitrogen and oxygen atoms in total. The number of hydrogen-bond acceptors (Lipinski definition) is 5. The Labute approximate surface area is 235 Å². The molecule has 204 valence electrons. The molecule has 8 heteroatoms. The third kappa shape index (κ3) is 6.09. The maximum absolute atomic E-state index is 13.3. The fourth-order valence-corrected chi connectivity index (χ4v) is 5.86. The number of rotatable bonds is 10. The lowest BCUT2D eigenvalue weighted by molar-refractivity contribution is -0.110. The predicted octanol–water partition coefficient (Wildman–Crippen LogP) is 6.26. The Morgan fingerprint density at radius 1 is 0.850 bits per heavy atom. The Hall–Kier alpha value is -4.40. The van der Waals surface area contributed by atoms with E-state index in [2.05, 4.69) is 46.4 Å². The van der Waals surface area contributed by atoms with Gasteiger partial charge in [-0.05, 0) is 73.6 Å². The maximum Gasteiger partial charge on any atom is 0.261 e. The summed E-state index contributed by atoms with van der Waals surface area (Å²) in [5.41, 5.74) is 5.34. The first-order valence-corrected chi connectivity index (χ1v) is 14.7. The molecule has 0 unspecified atom stereocenters. The van der Waals surface area contributed by atoms with E-state index in [-0.39, 0.29) is 10.8 Å². The molecule has 3 N–H and O–H groups in total. The molecule has 0 spiro atoms. The molecule has 4 aromatic rings. The van der Waals surface area contributed by atoms with E-state index in [0.29, 0.717) is 28.2 Å². The lowest BCUT2D eigenvalue weighted by Gasteiger charge is -2.17. The van der Waals surface area contributed by atoms with E-state index in [1.165, 1.54) is 11.6 Å². The van der Waals surface area contributed by atoms with Gasteiger partial charge in [0.2, 0.25) is 0 Å². The zero-order valence-corrected chi connectivity index (χ0v) is 23.3. The van der Waals surface area contributed by atoms with Crippen LogP contribution in [-0.4, -0.2) is 32.8 Å². The Morgan fingerprint density at radius 2 is 1.52 bits per heavy atom. The van der Waals surface area contributed by atoms with Gasteiger partial charge in [-0.25, -0.2) is 8.42 Å². The van der Waals surface area contributed by atoms with E-state index in [4.69, 9.17) is 0 Å². The normalized spacial score (nSPS) is 14.0. The minimum absolute atomic E-state index is 0.0667. The summed E-state index contributed by atoms with van der Waals surface area (Å²) < 4.78 is 29.0. The molecule has 0 aliphatic carbocycles. The second-order valence-corrected chi connectivity index (χ2v) is 11.5. The van der Waals surface area contributed by atoms with Gasteiger partial charge in [-0.1, -0.05) is 67.6 Å². The quantitative estimate of drug-likeness (QED) is 0.202. The summed E-state index contributed by atoms with van der Waals surface area (Å²) >= 11 is 0. The first-order valence-electron chi connectivity index (χ1n) is 13.2. The molecule has 0 saturated carbocycles. The monoisotopic (exact) mass is 552 g/mol. The number of nitrogens with zero attached hydrogens (tertiary/aromatic N) is 1. The molecule has 0 radical (unpaired) electrons. The van der Waals surface area contributed by atoms with Crippen molar-refractivity contribution >= 4 is 44.3 Å². The summed E-state index contributed by atoms with van der Waals surface area (Å²) in [6.45, 7) is 4.04. The van der Waals surface area contributed by atoms with Crippen LogP contribution >= 0.6 is 0 Å². The van der Waals surface area contributed by atoms with Crippen molar-refractivity contribution < 1.29 is 13.2 Å². The minimum atomic E-state index is -3.88. The van der Waals surface area contributed by atoms with Crippen LogP contribution in [0.25, 0.3) is 11.3 Å². The number of benzene rings is 4. The third-order valence-electron chi connectivity index (χ3n) is 6.67. The van der Waals surface area contributed by atoms with Gasteiger partial charge in [0.1, 0.15) is 0 Å². The van der Waals surface area contributed by atoms with Crippen molar-refractivity contribution in [2.45, 2.75) is 24.8 Å². The van der Waals surface area contributed by atoms with Gasteiger partial charge in [0.25, 0.3) is 15.9 Å². The number of nitrogens with one attached hydrogen (secondary N) is 3. The number of carbonyl (C=O) groups is 1. The molecule has 1 aliphatic rings. The number of para-hydroxylation sites is 1. The zero-order chi connectivity index (χ0) is 28.1. The molecule has 40 heavy (non-hydrogen) atoms. The number of sulfonamides is 1. The number of carbonyl (C=O) groups excluding carboxylic acids is 1. The van der Waals surface area contributed by atoms with Crippen LogP contribution in [0.15, 0.2) is 108 Å². The zero-order valence-electron chi connectivity index (χ0n) is 22.5. The lowest BCUT2D eigenvalue weighted by atomic mass is 10.00. The summed E-state index contributed by atoms with van der Waals surface area (Å²) in [6.07, 6.45) is 1.10. The molecule has 0 aromatic heterocycles. The summed E-state index contributed by atoms with van der Waals surface area (Å²) in [7, 11) is -1.78. The smallest absolute Gasteiger partial charge is 0.261 e. The highest BCUT2D eigenvalue weighted by molar-refractivity contribution is 7.92. The third-order valence-corrected chi connectivity index (χ3v) is 8.04. The second-order valence-electron chi connectivity index (χ2n) is 9.81. The van der Waals surface area contributed by atoms with Crippen LogP contribution in [0.4, 0.5) is 17.1 Å².